The van der Waals surface area contributed by atoms with E-state index in [2.05, 4.69) is 10.6 Å². The zero-order valence-corrected chi connectivity index (χ0v) is 13.7. The molecule has 4 nitrogen and oxygen atoms in total. The molecular formula is C15H22Cl2N2O2. The molecule has 6 heteroatoms. The van der Waals surface area contributed by atoms with Crippen molar-refractivity contribution in [1.29, 1.82) is 0 Å². The van der Waals surface area contributed by atoms with Crippen molar-refractivity contribution >= 4 is 35.6 Å². The molecule has 1 saturated heterocycles. The summed E-state index contributed by atoms with van der Waals surface area (Å²) in [5.41, 5.74) is 0.705. The van der Waals surface area contributed by atoms with Gasteiger partial charge in [0.15, 0.2) is 0 Å². The third kappa shape index (κ3) is 5.38. The van der Waals surface area contributed by atoms with Crippen molar-refractivity contribution in [3.05, 3.63) is 23.2 Å². The number of halogens is 2. The van der Waals surface area contributed by atoms with Gasteiger partial charge in [0.1, 0.15) is 5.75 Å². The van der Waals surface area contributed by atoms with Crippen molar-refractivity contribution in [2.24, 2.45) is 0 Å². The smallest absolute Gasteiger partial charge is 0.241 e. The van der Waals surface area contributed by atoms with Gasteiger partial charge in [-0.3, -0.25) is 4.79 Å². The van der Waals surface area contributed by atoms with Crippen molar-refractivity contribution in [2.75, 3.05) is 18.5 Å². The molecule has 0 bridgehead atoms. The van der Waals surface area contributed by atoms with E-state index in [-0.39, 0.29) is 24.4 Å². The first kappa shape index (κ1) is 18.1. The summed E-state index contributed by atoms with van der Waals surface area (Å²) in [6.07, 6.45) is 4.05. The van der Waals surface area contributed by atoms with Crippen LogP contribution in [0.4, 0.5) is 5.69 Å². The highest BCUT2D eigenvalue weighted by molar-refractivity contribution is 6.32. The minimum Gasteiger partial charge on any atom is -0.492 e. The molecule has 1 fully saturated rings. The number of hydrogen-bond donors (Lipinski definition) is 2. The van der Waals surface area contributed by atoms with Gasteiger partial charge in [-0.15, -0.1) is 12.4 Å². The maximum atomic E-state index is 12.1. The third-order valence-electron chi connectivity index (χ3n) is 3.29. The van der Waals surface area contributed by atoms with Crippen molar-refractivity contribution < 1.29 is 9.53 Å². The lowest BCUT2D eigenvalue weighted by Crippen LogP contribution is -2.43. The number of amides is 1. The second kappa shape index (κ2) is 9.13. The zero-order valence-electron chi connectivity index (χ0n) is 12.2. The second-order valence-electron chi connectivity index (χ2n) is 4.99. The van der Waals surface area contributed by atoms with Crippen molar-refractivity contribution in [1.82, 2.24) is 5.32 Å². The van der Waals surface area contributed by atoms with Gasteiger partial charge in [0.05, 0.1) is 17.7 Å². The lowest BCUT2D eigenvalue weighted by Gasteiger charge is -2.22. The number of carbonyl (C=O) groups excluding carboxylic acids is 1. The van der Waals surface area contributed by atoms with Crippen molar-refractivity contribution in [3.63, 3.8) is 0 Å². The van der Waals surface area contributed by atoms with Crippen LogP contribution in [0.3, 0.4) is 0 Å². The molecule has 118 valence electrons. The van der Waals surface area contributed by atoms with Crippen molar-refractivity contribution in [3.8, 4) is 5.75 Å². The number of benzene rings is 1. The second-order valence-corrected chi connectivity index (χ2v) is 5.39. The Morgan fingerprint density at radius 2 is 2.29 bits per heavy atom. The Balaban J connectivity index is 0.00000220. The minimum absolute atomic E-state index is 0. The lowest BCUT2D eigenvalue weighted by atomic mass is 10.0. The molecule has 1 amide bonds. The van der Waals surface area contributed by atoms with Gasteiger partial charge in [-0.05, 0) is 44.0 Å². The topological polar surface area (TPSA) is 50.4 Å². The summed E-state index contributed by atoms with van der Waals surface area (Å²) < 4.78 is 5.51. The van der Waals surface area contributed by atoms with E-state index in [9.17, 15) is 4.79 Å². The maximum absolute atomic E-state index is 12.1. The number of anilines is 1. The molecule has 1 heterocycles. The molecule has 1 atom stereocenters. The third-order valence-corrected chi connectivity index (χ3v) is 3.58. The van der Waals surface area contributed by atoms with Crippen molar-refractivity contribution in [2.45, 2.75) is 38.6 Å². The highest BCUT2D eigenvalue weighted by atomic mass is 35.5. The standard InChI is InChI=1S/C15H21ClN2O2.ClH/c1-2-9-20-14-7-6-11(10-12(14)16)18-15(19)13-5-3-4-8-17-13;/h6-7,10,13,17H,2-5,8-9H2,1H3,(H,18,19);1H/t13-;/m0./s1. The summed E-state index contributed by atoms with van der Waals surface area (Å²) in [4.78, 5) is 12.1. The average Bonchev–Trinajstić information content (AvgIpc) is 2.47. The molecule has 1 aliphatic rings. The van der Waals surface area contributed by atoms with E-state index < -0.39 is 0 Å². The number of rotatable bonds is 5. The van der Waals surface area contributed by atoms with Crippen LogP contribution in [-0.2, 0) is 4.79 Å². The molecule has 0 radical (unpaired) electrons. The van der Waals surface area contributed by atoms with E-state index in [1.54, 1.807) is 12.1 Å². The Morgan fingerprint density at radius 1 is 1.48 bits per heavy atom. The van der Waals surface area contributed by atoms with Crippen LogP contribution >= 0.6 is 24.0 Å². The summed E-state index contributed by atoms with van der Waals surface area (Å²) in [5.74, 6) is 0.658. The van der Waals surface area contributed by atoms with Crippen LogP contribution in [0.15, 0.2) is 18.2 Å². The molecule has 21 heavy (non-hydrogen) atoms. The van der Waals surface area contributed by atoms with E-state index in [0.29, 0.717) is 23.1 Å². The van der Waals surface area contributed by atoms with Gasteiger partial charge in [0.25, 0.3) is 0 Å². The summed E-state index contributed by atoms with van der Waals surface area (Å²) in [5, 5.41) is 6.64. The van der Waals surface area contributed by atoms with E-state index in [1.165, 1.54) is 0 Å². The van der Waals surface area contributed by atoms with Gasteiger partial charge in [0.2, 0.25) is 5.91 Å². The van der Waals surface area contributed by atoms with Gasteiger partial charge in [-0.25, -0.2) is 0 Å². The largest absolute Gasteiger partial charge is 0.492 e. The monoisotopic (exact) mass is 332 g/mol. The Kier molecular flexibility index (Phi) is 7.86. The Bertz CT molecular complexity index is 463. The van der Waals surface area contributed by atoms with Gasteiger partial charge in [-0.1, -0.05) is 24.9 Å². The van der Waals surface area contributed by atoms with Gasteiger partial charge in [0, 0.05) is 5.69 Å². The van der Waals surface area contributed by atoms with Crippen LogP contribution in [0.1, 0.15) is 32.6 Å². The quantitative estimate of drug-likeness (QED) is 0.865. The molecule has 1 aromatic carbocycles. The fraction of sp³-hybridized carbons (Fsp3) is 0.533. The first-order chi connectivity index (χ1) is 9.70. The lowest BCUT2D eigenvalue weighted by molar-refractivity contribution is -0.118. The fourth-order valence-electron chi connectivity index (χ4n) is 2.21. The number of piperidine rings is 1. The Hall–Kier alpha value is -0.970. The molecule has 0 aromatic heterocycles. The summed E-state index contributed by atoms with van der Waals surface area (Å²) in [6, 6.07) is 5.24. The molecule has 0 unspecified atom stereocenters. The molecule has 2 rings (SSSR count). The molecule has 1 aromatic rings. The first-order valence-electron chi connectivity index (χ1n) is 7.17. The Morgan fingerprint density at radius 3 is 2.90 bits per heavy atom. The van der Waals surface area contributed by atoms with E-state index in [0.717, 1.165) is 32.2 Å². The SMILES string of the molecule is CCCOc1ccc(NC(=O)[C@@H]2CCCCN2)cc1Cl.Cl. The van der Waals surface area contributed by atoms with Crippen LogP contribution in [0.25, 0.3) is 0 Å². The summed E-state index contributed by atoms with van der Waals surface area (Å²) in [6.45, 7) is 3.58. The predicted molar refractivity (Wildman–Crippen MR) is 88.8 cm³/mol. The van der Waals surface area contributed by atoms with E-state index >= 15 is 0 Å². The van der Waals surface area contributed by atoms with Crippen LogP contribution in [0, 0.1) is 0 Å². The highest BCUT2D eigenvalue weighted by Gasteiger charge is 2.20. The number of carbonyl (C=O) groups is 1. The van der Waals surface area contributed by atoms with E-state index in [1.807, 2.05) is 13.0 Å². The van der Waals surface area contributed by atoms with Gasteiger partial charge >= 0.3 is 0 Å². The number of ether oxygens (including phenoxy) is 1. The molecule has 2 N–H and O–H groups in total. The van der Waals surface area contributed by atoms with Gasteiger partial charge in [-0.2, -0.15) is 0 Å². The number of nitrogens with one attached hydrogen (secondary N) is 2. The molecular weight excluding hydrogens is 311 g/mol. The fourth-order valence-corrected chi connectivity index (χ4v) is 2.45. The van der Waals surface area contributed by atoms with Crippen LogP contribution in [-0.4, -0.2) is 25.1 Å². The molecule has 0 spiro atoms. The first-order valence-corrected chi connectivity index (χ1v) is 7.55. The van der Waals surface area contributed by atoms with Gasteiger partial charge < -0.3 is 15.4 Å². The van der Waals surface area contributed by atoms with Crippen LogP contribution in [0.5, 0.6) is 5.75 Å². The zero-order chi connectivity index (χ0) is 14.4. The van der Waals surface area contributed by atoms with Crippen LogP contribution in [0.2, 0.25) is 5.02 Å². The predicted octanol–water partition coefficient (Wildman–Crippen LogP) is 3.63. The minimum atomic E-state index is -0.0986. The molecule has 0 saturated carbocycles. The summed E-state index contributed by atoms with van der Waals surface area (Å²) >= 11 is 6.14. The maximum Gasteiger partial charge on any atom is 0.241 e. The molecule has 0 aliphatic carbocycles. The normalized spacial score (nSPS) is 17.7. The van der Waals surface area contributed by atoms with E-state index in [4.69, 9.17) is 16.3 Å². The Labute approximate surface area is 137 Å². The highest BCUT2D eigenvalue weighted by Crippen LogP contribution is 2.28. The molecule has 1 aliphatic heterocycles. The van der Waals surface area contributed by atoms with Crippen LogP contribution < -0.4 is 15.4 Å². The summed E-state index contributed by atoms with van der Waals surface area (Å²) in [7, 11) is 0. The average molecular weight is 333 g/mol. The number of hydrogen-bond acceptors (Lipinski definition) is 3.